The molecule has 0 aromatic heterocycles. The summed E-state index contributed by atoms with van der Waals surface area (Å²) in [5.41, 5.74) is -0.576. The summed E-state index contributed by atoms with van der Waals surface area (Å²) in [6.07, 6.45) is 3.79. The van der Waals surface area contributed by atoms with Gasteiger partial charge < -0.3 is 10.2 Å². The Balaban J connectivity index is 1.94. The first kappa shape index (κ1) is 12.7. The van der Waals surface area contributed by atoms with Gasteiger partial charge in [-0.05, 0) is 32.6 Å². The monoisotopic (exact) mass is 260 g/mol. The van der Waals surface area contributed by atoms with E-state index < -0.39 is 15.4 Å². The van der Waals surface area contributed by atoms with Crippen molar-refractivity contribution in [2.24, 2.45) is 0 Å². The molecule has 2 fully saturated rings. The van der Waals surface area contributed by atoms with E-state index in [0.717, 1.165) is 25.9 Å². The van der Waals surface area contributed by atoms with Crippen LogP contribution in [0.4, 0.5) is 4.79 Å². The third-order valence-corrected chi connectivity index (χ3v) is 5.46. The van der Waals surface area contributed by atoms with Crippen molar-refractivity contribution in [3.05, 3.63) is 0 Å². The Morgan fingerprint density at radius 2 is 1.88 bits per heavy atom. The molecule has 0 aromatic carbocycles. The lowest BCUT2D eigenvalue weighted by Crippen LogP contribution is -2.53. The molecule has 5 nitrogen and oxygen atoms in total. The molecule has 0 spiro atoms. The molecule has 0 saturated carbocycles. The van der Waals surface area contributed by atoms with Crippen LogP contribution in [0.2, 0.25) is 0 Å². The molecule has 1 N–H and O–H groups in total. The van der Waals surface area contributed by atoms with E-state index in [2.05, 4.69) is 5.32 Å². The smallest absolute Gasteiger partial charge is 0.317 e. The van der Waals surface area contributed by atoms with Crippen LogP contribution in [0.15, 0.2) is 0 Å². The summed E-state index contributed by atoms with van der Waals surface area (Å²) in [7, 11) is -2.96. The second-order valence-corrected chi connectivity index (χ2v) is 7.56. The number of amides is 2. The predicted molar refractivity (Wildman–Crippen MR) is 65.6 cm³/mol. The number of nitrogens with one attached hydrogen (secondary N) is 1. The molecule has 6 heteroatoms. The molecule has 0 bridgehead atoms. The van der Waals surface area contributed by atoms with Crippen LogP contribution >= 0.6 is 0 Å². The van der Waals surface area contributed by atoms with Gasteiger partial charge in [-0.1, -0.05) is 0 Å². The van der Waals surface area contributed by atoms with E-state index in [1.54, 1.807) is 4.90 Å². The zero-order valence-electron chi connectivity index (χ0n) is 10.2. The number of rotatable bonds is 1. The van der Waals surface area contributed by atoms with Crippen molar-refractivity contribution in [2.75, 3.05) is 24.6 Å². The maximum atomic E-state index is 12.0. The van der Waals surface area contributed by atoms with Gasteiger partial charge in [0.15, 0.2) is 9.84 Å². The Labute approximate surface area is 102 Å². The standard InChI is InChI=1S/C11H20N2O3S/c1-11(5-8-17(15,16)9-11)12-10(14)13-6-3-2-4-7-13/h2-9H2,1H3,(H,12,14)/t11-/m1/s1. The van der Waals surface area contributed by atoms with E-state index in [1.807, 2.05) is 6.92 Å². The number of hydrogen-bond donors (Lipinski definition) is 1. The Hall–Kier alpha value is -0.780. The molecule has 0 aromatic rings. The van der Waals surface area contributed by atoms with Crippen LogP contribution in [0.1, 0.15) is 32.6 Å². The summed E-state index contributed by atoms with van der Waals surface area (Å²) in [6, 6.07) is -0.107. The van der Waals surface area contributed by atoms with Crippen molar-refractivity contribution in [1.82, 2.24) is 10.2 Å². The van der Waals surface area contributed by atoms with Crippen LogP contribution in [-0.2, 0) is 9.84 Å². The van der Waals surface area contributed by atoms with Crippen molar-refractivity contribution in [2.45, 2.75) is 38.1 Å². The van der Waals surface area contributed by atoms with Crippen LogP contribution in [0.3, 0.4) is 0 Å². The van der Waals surface area contributed by atoms with E-state index in [0.29, 0.717) is 6.42 Å². The largest absolute Gasteiger partial charge is 0.332 e. The molecular weight excluding hydrogens is 240 g/mol. The van der Waals surface area contributed by atoms with Crippen LogP contribution in [0.25, 0.3) is 0 Å². The number of likely N-dealkylation sites (tertiary alicyclic amines) is 1. The van der Waals surface area contributed by atoms with Crippen LogP contribution in [-0.4, -0.2) is 49.5 Å². The molecule has 2 amide bonds. The number of nitrogens with zero attached hydrogens (tertiary/aromatic N) is 1. The Morgan fingerprint density at radius 3 is 2.41 bits per heavy atom. The van der Waals surface area contributed by atoms with E-state index in [1.165, 1.54) is 6.42 Å². The molecule has 0 aliphatic carbocycles. The van der Waals surface area contributed by atoms with Gasteiger partial charge in [-0.3, -0.25) is 0 Å². The molecular formula is C11H20N2O3S. The summed E-state index contributed by atoms with van der Waals surface area (Å²) < 4.78 is 22.9. The van der Waals surface area contributed by atoms with E-state index in [4.69, 9.17) is 0 Å². The molecule has 2 saturated heterocycles. The summed E-state index contributed by atoms with van der Waals surface area (Å²) in [6.45, 7) is 3.39. The highest BCUT2D eigenvalue weighted by Gasteiger charge is 2.40. The summed E-state index contributed by atoms with van der Waals surface area (Å²) >= 11 is 0. The number of hydrogen-bond acceptors (Lipinski definition) is 3. The maximum absolute atomic E-state index is 12.0. The molecule has 2 rings (SSSR count). The van der Waals surface area contributed by atoms with Gasteiger partial charge in [0.2, 0.25) is 0 Å². The van der Waals surface area contributed by atoms with Gasteiger partial charge in [-0.15, -0.1) is 0 Å². The topological polar surface area (TPSA) is 66.5 Å². The fraction of sp³-hybridized carbons (Fsp3) is 0.909. The SMILES string of the molecule is C[C@@]1(NC(=O)N2CCCCC2)CCS(=O)(=O)C1. The van der Waals surface area contributed by atoms with Crippen LogP contribution < -0.4 is 5.32 Å². The molecule has 0 radical (unpaired) electrons. The van der Waals surface area contributed by atoms with Gasteiger partial charge in [-0.25, -0.2) is 13.2 Å². The van der Waals surface area contributed by atoms with Crippen molar-refractivity contribution in [1.29, 1.82) is 0 Å². The van der Waals surface area contributed by atoms with Gasteiger partial charge in [0, 0.05) is 13.1 Å². The lowest BCUT2D eigenvalue weighted by molar-refractivity contribution is 0.176. The fourth-order valence-electron chi connectivity index (χ4n) is 2.54. The first-order valence-electron chi connectivity index (χ1n) is 6.18. The van der Waals surface area contributed by atoms with Crippen molar-refractivity contribution < 1.29 is 13.2 Å². The Kier molecular flexibility index (Phi) is 3.34. The van der Waals surface area contributed by atoms with E-state index in [-0.39, 0.29) is 17.5 Å². The van der Waals surface area contributed by atoms with Gasteiger partial charge in [0.1, 0.15) is 0 Å². The number of carbonyl (C=O) groups is 1. The van der Waals surface area contributed by atoms with Crippen molar-refractivity contribution in [3.63, 3.8) is 0 Å². The minimum Gasteiger partial charge on any atom is -0.332 e. The highest BCUT2D eigenvalue weighted by molar-refractivity contribution is 7.91. The van der Waals surface area contributed by atoms with Gasteiger partial charge in [-0.2, -0.15) is 0 Å². The normalized spacial score (nSPS) is 32.4. The quantitative estimate of drug-likeness (QED) is 0.757. The predicted octanol–water partition coefficient (Wildman–Crippen LogP) is 0.759. The number of sulfone groups is 1. The average Bonchev–Trinajstić information content (AvgIpc) is 2.54. The van der Waals surface area contributed by atoms with Crippen LogP contribution in [0.5, 0.6) is 0 Å². The highest BCUT2D eigenvalue weighted by atomic mass is 32.2. The third-order valence-electron chi connectivity index (χ3n) is 3.56. The molecule has 17 heavy (non-hydrogen) atoms. The zero-order valence-corrected chi connectivity index (χ0v) is 11.1. The molecule has 2 aliphatic rings. The van der Waals surface area contributed by atoms with Crippen molar-refractivity contribution >= 4 is 15.9 Å². The minimum atomic E-state index is -2.96. The summed E-state index contributed by atoms with van der Waals surface area (Å²) in [4.78, 5) is 13.8. The second kappa shape index (κ2) is 4.48. The molecule has 2 aliphatic heterocycles. The van der Waals surface area contributed by atoms with Crippen LogP contribution in [0, 0.1) is 0 Å². The molecule has 1 atom stereocenters. The van der Waals surface area contributed by atoms with E-state index >= 15 is 0 Å². The molecule has 2 heterocycles. The Bertz CT molecular complexity index is 401. The molecule has 0 unspecified atom stereocenters. The minimum absolute atomic E-state index is 0.0690. The van der Waals surface area contributed by atoms with Crippen molar-refractivity contribution in [3.8, 4) is 0 Å². The first-order chi connectivity index (χ1) is 7.90. The van der Waals surface area contributed by atoms with Gasteiger partial charge >= 0.3 is 6.03 Å². The lowest BCUT2D eigenvalue weighted by Gasteiger charge is -2.32. The summed E-state index contributed by atoms with van der Waals surface area (Å²) in [5, 5.41) is 2.89. The average molecular weight is 260 g/mol. The number of piperidine rings is 1. The first-order valence-corrected chi connectivity index (χ1v) is 8.00. The lowest BCUT2D eigenvalue weighted by atomic mass is 10.0. The number of urea groups is 1. The third kappa shape index (κ3) is 3.12. The molecule has 98 valence electrons. The Morgan fingerprint density at radius 1 is 1.24 bits per heavy atom. The maximum Gasteiger partial charge on any atom is 0.317 e. The zero-order chi connectivity index (χ0) is 12.5. The van der Waals surface area contributed by atoms with Gasteiger partial charge in [0.05, 0.1) is 17.0 Å². The van der Waals surface area contributed by atoms with Gasteiger partial charge in [0.25, 0.3) is 0 Å². The highest BCUT2D eigenvalue weighted by Crippen LogP contribution is 2.23. The van der Waals surface area contributed by atoms with E-state index in [9.17, 15) is 13.2 Å². The fourth-order valence-corrected chi connectivity index (χ4v) is 4.64. The second-order valence-electron chi connectivity index (χ2n) is 5.38. The number of carbonyl (C=O) groups excluding carboxylic acids is 1. The summed E-state index contributed by atoms with van der Waals surface area (Å²) in [5.74, 6) is 0.253.